The molecule has 30 heavy (non-hydrogen) atoms. The minimum absolute atomic E-state index is 0.0364. The van der Waals surface area contributed by atoms with Gasteiger partial charge >= 0.3 is 0 Å². The Morgan fingerprint density at radius 2 is 1.90 bits per heavy atom. The predicted octanol–water partition coefficient (Wildman–Crippen LogP) is 3.28. The van der Waals surface area contributed by atoms with Gasteiger partial charge in [-0.15, -0.1) is 0 Å². The van der Waals surface area contributed by atoms with E-state index in [1.165, 1.54) is 16.4 Å². The molecule has 0 spiro atoms. The van der Waals surface area contributed by atoms with Crippen molar-refractivity contribution < 1.29 is 22.4 Å². The number of carbonyl (C=O) groups excluding carboxylic acids is 2. The number of hydrogen-bond donors (Lipinski definition) is 1. The maximum atomic E-state index is 13.1. The van der Waals surface area contributed by atoms with Crippen LogP contribution in [0.5, 0.6) is 0 Å². The quantitative estimate of drug-likeness (QED) is 0.649. The first-order valence-corrected chi connectivity index (χ1v) is 11.4. The van der Waals surface area contributed by atoms with E-state index in [0.717, 1.165) is 24.1 Å². The van der Waals surface area contributed by atoms with Gasteiger partial charge in [0.15, 0.2) is 5.78 Å². The maximum absolute atomic E-state index is 13.1. The summed E-state index contributed by atoms with van der Waals surface area (Å²) in [6, 6.07) is 10.8. The number of amides is 1. The zero-order valence-corrected chi connectivity index (χ0v) is 17.6. The Morgan fingerprint density at radius 3 is 2.60 bits per heavy atom. The molecule has 1 atom stereocenters. The van der Waals surface area contributed by atoms with Crippen molar-refractivity contribution >= 4 is 21.7 Å². The van der Waals surface area contributed by atoms with Crippen LogP contribution >= 0.6 is 0 Å². The Balaban J connectivity index is 1.68. The number of ketones is 1. The fraction of sp³-hybridized carbons (Fsp3) is 0.364. The van der Waals surface area contributed by atoms with Crippen LogP contribution in [-0.2, 0) is 21.4 Å². The Morgan fingerprint density at radius 1 is 1.17 bits per heavy atom. The second-order valence-corrected chi connectivity index (χ2v) is 9.21. The van der Waals surface area contributed by atoms with Crippen LogP contribution in [0.1, 0.15) is 48.5 Å². The summed E-state index contributed by atoms with van der Waals surface area (Å²) in [5.74, 6) is -0.856. The summed E-state index contributed by atoms with van der Waals surface area (Å²) in [6.45, 7) is 2.38. The summed E-state index contributed by atoms with van der Waals surface area (Å²) >= 11 is 0. The van der Waals surface area contributed by atoms with E-state index < -0.39 is 21.9 Å². The van der Waals surface area contributed by atoms with Crippen LogP contribution in [0.3, 0.4) is 0 Å². The predicted molar refractivity (Wildman–Crippen MR) is 111 cm³/mol. The summed E-state index contributed by atoms with van der Waals surface area (Å²) in [4.78, 5) is 24.8. The van der Waals surface area contributed by atoms with Crippen molar-refractivity contribution in [1.82, 2.24) is 9.62 Å². The third kappa shape index (κ3) is 4.94. The van der Waals surface area contributed by atoms with Crippen LogP contribution in [-0.4, -0.2) is 37.0 Å². The van der Waals surface area contributed by atoms with E-state index in [2.05, 4.69) is 5.32 Å². The number of nitrogens with one attached hydrogen (secondary N) is 1. The van der Waals surface area contributed by atoms with Crippen LogP contribution in [0.15, 0.2) is 53.4 Å². The Bertz CT molecular complexity index is 1020. The second-order valence-electron chi connectivity index (χ2n) is 7.32. The highest BCUT2D eigenvalue weighted by Gasteiger charge is 2.39. The number of nitrogens with zero attached hydrogens (tertiary/aromatic N) is 1. The SMILES string of the molecule is CCCC(=O)c1cccc(CNC(=O)C2CCCN2S(=O)(=O)c2ccc(F)cc2)c1. The molecule has 1 N–H and O–H groups in total. The molecule has 1 amide bonds. The van der Waals surface area contributed by atoms with E-state index >= 15 is 0 Å². The van der Waals surface area contributed by atoms with E-state index in [1.54, 1.807) is 18.2 Å². The first-order chi connectivity index (χ1) is 14.3. The molecule has 0 aliphatic carbocycles. The Hall–Kier alpha value is -2.58. The summed E-state index contributed by atoms with van der Waals surface area (Å²) < 4.78 is 40.1. The van der Waals surface area contributed by atoms with Crippen molar-refractivity contribution in [3.8, 4) is 0 Å². The third-order valence-corrected chi connectivity index (χ3v) is 7.04. The molecule has 2 aromatic rings. The van der Waals surface area contributed by atoms with Gasteiger partial charge in [-0.2, -0.15) is 4.31 Å². The van der Waals surface area contributed by atoms with Gasteiger partial charge in [-0.3, -0.25) is 9.59 Å². The highest BCUT2D eigenvalue weighted by molar-refractivity contribution is 7.89. The van der Waals surface area contributed by atoms with Gasteiger partial charge in [-0.25, -0.2) is 12.8 Å². The number of hydrogen-bond acceptors (Lipinski definition) is 4. The number of carbonyl (C=O) groups is 2. The molecule has 160 valence electrons. The second kappa shape index (κ2) is 9.49. The molecule has 8 heteroatoms. The average molecular weight is 433 g/mol. The van der Waals surface area contributed by atoms with E-state index in [1.807, 2.05) is 13.0 Å². The minimum Gasteiger partial charge on any atom is -0.351 e. The summed E-state index contributed by atoms with van der Waals surface area (Å²) in [5.41, 5.74) is 1.38. The Kier molecular flexibility index (Phi) is 6.99. The Labute approximate surface area is 176 Å². The van der Waals surface area contributed by atoms with E-state index in [9.17, 15) is 22.4 Å². The molecule has 1 heterocycles. The molecule has 6 nitrogen and oxygen atoms in total. The molecular formula is C22H25FN2O4S. The normalized spacial score (nSPS) is 17.1. The van der Waals surface area contributed by atoms with Gasteiger partial charge in [0, 0.05) is 25.1 Å². The van der Waals surface area contributed by atoms with Crippen LogP contribution in [0.25, 0.3) is 0 Å². The van der Waals surface area contributed by atoms with Crippen molar-refractivity contribution in [3.63, 3.8) is 0 Å². The fourth-order valence-corrected chi connectivity index (χ4v) is 5.22. The molecule has 1 aliphatic heterocycles. The zero-order chi connectivity index (χ0) is 21.7. The molecule has 1 saturated heterocycles. The van der Waals surface area contributed by atoms with Crippen molar-refractivity contribution in [3.05, 3.63) is 65.5 Å². The van der Waals surface area contributed by atoms with Gasteiger partial charge in [0.25, 0.3) is 0 Å². The van der Waals surface area contributed by atoms with Crippen LogP contribution in [0.4, 0.5) is 4.39 Å². The lowest BCUT2D eigenvalue weighted by Crippen LogP contribution is -2.45. The average Bonchev–Trinajstić information content (AvgIpc) is 3.24. The van der Waals surface area contributed by atoms with Crippen molar-refractivity contribution in [2.75, 3.05) is 6.54 Å². The molecular weight excluding hydrogens is 407 g/mol. The summed E-state index contributed by atoms with van der Waals surface area (Å²) in [7, 11) is -3.90. The smallest absolute Gasteiger partial charge is 0.243 e. The molecule has 2 aromatic carbocycles. The molecule has 1 aliphatic rings. The third-order valence-electron chi connectivity index (χ3n) is 5.12. The number of sulfonamides is 1. The number of benzene rings is 2. The molecule has 0 saturated carbocycles. The lowest BCUT2D eigenvalue weighted by atomic mass is 10.0. The number of halogens is 1. The zero-order valence-electron chi connectivity index (χ0n) is 16.8. The van der Waals surface area contributed by atoms with Gasteiger partial charge in [0.1, 0.15) is 11.9 Å². The van der Waals surface area contributed by atoms with E-state index in [4.69, 9.17) is 0 Å². The van der Waals surface area contributed by atoms with Crippen LogP contribution < -0.4 is 5.32 Å². The monoisotopic (exact) mass is 432 g/mol. The highest BCUT2D eigenvalue weighted by atomic mass is 32.2. The van der Waals surface area contributed by atoms with Gasteiger partial charge in [-0.05, 0) is 55.2 Å². The first kappa shape index (κ1) is 22.1. The van der Waals surface area contributed by atoms with Gasteiger partial charge in [0.2, 0.25) is 15.9 Å². The lowest BCUT2D eigenvalue weighted by Gasteiger charge is -2.23. The maximum Gasteiger partial charge on any atom is 0.243 e. The van der Waals surface area contributed by atoms with Gasteiger partial charge < -0.3 is 5.32 Å². The number of rotatable bonds is 8. The minimum atomic E-state index is -3.90. The summed E-state index contributed by atoms with van der Waals surface area (Å²) in [6.07, 6.45) is 2.22. The molecule has 0 radical (unpaired) electrons. The fourth-order valence-electron chi connectivity index (χ4n) is 3.56. The van der Waals surface area contributed by atoms with Crippen molar-refractivity contribution in [2.24, 2.45) is 0 Å². The summed E-state index contributed by atoms with van der Waals surface area (Å²) in [5, 5.41) is 2.79. The standard InChI is InChI=1S/C22H25FN2O4S/c1-2-5-21(26)17-7-3-6-16(14-17)15-24-22(27)20-8-4-13-25(20)30(28,29)19-11-9-18(23)10-12-19/h3,6-7,9-12,14,20H,2,4-5,8,13,15H2,1H3,(H,24,27). The molecule has 0 aromatic heterocycles. The molecule has 0 bridgehead atoms. The van der Waals surface area contributed by atoms with E-state index in [0.29, 0.717) is 24.8 Å². The molecule has 1 fully saturated rings. The highest BCUT2D eigenvalue weighted by Crippen LogP contribution is 2.26. The van der Waals surface area contributed by atoms with Gasteiger partial charge in [0.05, 0.1) is 4.90 Å². The largest absolute Gasteiger partial charge is 0.351 e. The first-order valence-electron chi connectivity index (χ1n) is 10.00. The van der Waals surface area contributed by atoms with Crippen LogP contribution in [0, 0.1) is 5.82 Å². The molecule has 3 rings (SSSR count). The number of Topliss-reactive ketones (excluding diaryl/α,β-unsaturated/α-hetero) is 1. The molecule has 1 unspecified atom stereocenters. The van der Waals surface area contributed by atoms with E-state index in [-0.39, 0.29) is 29.7 Å². The van der Waals surface area contributed by atoms with Crippen molar-refractivity contribution in [1.29, 1.82) is 0 Å². The van der Waals surface area contributed by atoms with Gasteiger partial charge in [-0.1, -0.05) is 25.1 Å². The van der Waals surface area contributed by atoms with Crippen molar-refractivity contribution in [2.45, 2.75) is 50.1 Å². The van der Waals surface area contributed by atoms with Crippen LogP contribution in [0.2, 0.25) is 0 Å². The lowest BCUT2D eigenvalue weighted by molar-refractivity contribution is -0.124. The topological polar surface area (TPSA) is 83.6 Å².